The highest BCUT2D eigenvalue weighted by Gasteiger charge is 2.20. The van der Waals surface area contributed by atoms with Crippen molar-refractivity contribution in [2.24, 2.45) is 11.5 Å². The number of nitrogens with two attached hydrogens (primary N) is 2. The molecular weight excluding hydrogens is 376 g/mol. The Balaban J connectivity index is 2.12. The van der Waals surface area contributed by atoms with Gasteiger partial charge in [0.2, 0.25) is 5.75 Å². The quantitative estimate of drug-likeness (QED) is 0.553. The zero-order chi connectivity index (χ0) is 21.0. The van der Waals surface area contributed by atoms with Crippen LogP contribution in [0.3, 0.4) is 0 Å². The fourth-order valence-corrected chi connectivity index (χ4v) is 2.96. The van der Waals surface area contributed by atoms with E-state index in [1.165, 1.54) is 0 Å². The van der Waals surface area contributed by atoms with E-state index in [0.29, 0.717) is 22.9 Å². The van der Waals surface area contributed by atoms with E-state index in [-0.39, 0.29) is 17.1 Å². The second kappa shape index (κ2) is 8.47. The predicted octanol–water partition coefficient (Wildman–Crippen LogP) is 1.42. The molecule has 0 aliphatic heterocycles. The molecule has 0 aliphatic rings. The lowest BCUT2D eigenvalue weighted by Gasteiger charge is -2.15. The average molecular weight is 396 g/mol. The molecule has 2 amide bonds. The lowest BCUT2D eigenvalue weighted by molar-refractivity contribution is -0.121. The Bertz CT molecular complexity index is 1120. The topological polar surface area (TPSA) is 135 Å². The molecule has 0 saturated heterocycles. The van der Waals surface area contributed by atoms with Crippen LogP contribution in [0.4, 0.5) is 0 Å². The molecule has 1 heterocycles. The van der Waals surface area contributed by atoms with Gasteiger partial charge in [-0.3, -0.25) is 9.59 Å². The number of hydrogen-bond acceptors (Lipinski definition) is 6. The first kappa shape index (κ1) is 19.9. The first-order chi connectivity index (χ1) is 13.9. The Labute approximate surface area is 166 Å². The van der Waals surface area contributed by atoms with E-state index in [0.717, 1.165) is 5.56 Å². The second-order valence-electron chi connectivity index (χ2n) is 6.43. The Morgan fingerprint density at radius 1 is 0.966 bits per heavy atom. The standard InChI is InChI=1S/C21H20N2O6/c1-12-14-7-8-16(27-10-17(22)24)20(28-11-18(23)25)19(14)29-21(26)15(12)9-13-5-3-2-4-6-13/h2-8H,9-11H2,1H3,(H2,22,24)(H2,23,25). The van der Waals surface area contributed by atoms with Gasteiger partial charge in [0.1, 0.15) is 0 Å². The fraction of sp³-hybridized carbons (Fsp3) is 0.190. The molecule has 0 bridgehead atoms. The third-order valence-electron chi connectivity index (χ3n) is 4.33. The zero-order valence-electron chi connectivity index (χ0n) is 15.8. The summed E-state index contributed by atoms with van der Waals surface area (Å²) in [5, 5.41) is 0.612. The van der Waals surface area contributed by atoms with Gasteiger partial charge in [0.15, 0.2) is 24.5 Å². The Kier molecular flexibility index (Phi) is 5.82. The molecule has 0 atom stereocenters. The highest BCUT2D eigenvalue weighted by atomic mass is 16.5. The molecule has 8 nitrogen and oxygen atoms in total. The molecule has 1 aromatic heterocycles. The monoisotopic (exact) mass is 396 g/mol. The molecule has 4 N–H and O–H groups in total. The van der Waals surface area contributed by atoms with Gasteiger partial charge in [-0.15, -0.1) is 0 Å². The summed E-state index contributed by atoms with van der Waals surface area (Å²) in [7, 11) is 0. The second-order valence-corrected chi connectivity index (χ2v) is 6.43. The number of amides is 2. The molecule has 0 aliphatic carbocycles. The summed E-state index contributed by atoms with van der Waals surface area (Å²) >= 11 is 0. The number of ether oxygens (including phenoxy) is 2. The van der Waals surface area contributed by atoms with Crippen molar-refractivity contribution in [2.75, 3.05) is 13.2 Å². The lowest BCUT2D eigenvalue weighted by Crippen LogP contribution is -2.22. The molecule has 0 fully saturated rings. The molecule has 2 aromatic carbocycles. The van der Waals surface area contributed by atoms with Crippen molar-refractivity contribution in [1.29, 1.82) is 0 Å². The van der Waals surface area contributed by atoms with E-state index in [1.54, 1.807) is 19.1 Å². The Morgan fingerprint density at radius 3 is 2.28 bits per heavy atom. The molecule has 8 heteroatoms. The molecule has 0 spiro atoms. The number of aryl methyl sites for hydroxylation is 1. The van der Waals surface area contributed by atoms with Gasteiger partial charge in [-0.2, -0.15) is 0 Å². The molecule has 3 rings (SSSR count). The molecule has 0 unspecified atom stereocenters. The van der Waals surface area contributed by atoms with Gasteiger partial charge >= 0.3 is 5.63 Å². The minimum Gasteiger partial charge on any atom is -0.480 e. The summed E-state index contributed by atoms with van der Waals surface area (Å²) in [6, 6.07) is 12.8. The van der Waals surface area contributed by atoms with Crippen LogP contribution in [0, 0.1) is 6.92 Å². The van der Waals surface area contributed by atoms with Gasteiger partial charge in [0, 0.05) is 17.4 Å². The zero-order valence-corrected chi connectivity index (χ0v) is 15.8. The van der Waals surface area contributed by atoms with Crippen molar-refractivity contribution < 1.29 is 23.5 Å². The summed E-state index contributed by atoms with van der Waals surface area (Å²) in [4.78, 5) is 34.9. The van der Waals surface area contributed by atoms with Crippen LogP contribution in [0.2, 0.25) is 0 Å². The summed E-state index contributed by atoms with van der Waals surface area (Å²) in [6.07, 6.45) is 0.405. The van der Waals surface area contributed by atoms with Gasteiger partial charge < -0.3 is 25.4 Å². The number of carbonyl (C=O) groups excluding carboxylic acids is 2. The maximum atomic E-state index is 12.7. The highest BCUT2D eigenvalue weighted by molar-refractivity contribution is 5.89. The summed E-state index contributed by atoms with van der Waals surface area (Å²) in [5.74, 6) is -1.30. The van der Waals surface area contributed by atoms with Crippen molar-refractivity contribution in [2.45, 2.75) is 13.3 Å². The number of primary amides is 2. The molecule has 0 saturated carbocycles. The van der Waals surface area contributed by atoms with Crippen LogP contribution in [0.1, 0.15) is 16.7 Å². The largest absolute Gasteiger partial charge is 0.480 e. The molecule has 3 aromatic rings. The van der Waals surface area contributed by atoms with Crippen LogP contribution < -0.4 is 26.6 Å². The van der Waals surface area contributed by atoms with E-state index < -0.39 is 30.7 Å². The van der Waals surface area contributed by atoms with Crippen molar-refractivity contribution in [3.8, 4) is 11.5 Å². The SMILES string of the molecule is Cc1c(Cc2ccccc2)c(=O)oc2c(OCC(N)=O)c(OCC(N)=O)ccc12. The van der Waals surface area contributed by atoms with E-state index in [4.69, 9.17) is 25.4 Å². The van der Waals surface area contributed by atoms with Crippen LogP contribution in [-0.2, 0) is 16.0 Å². The minimum atomic E-state index is -0.720. The van der Waals surface area contributed by atoms with E-state index in [1.807, 2.05) is 30.3 Å². The fourth-order valence-electron chi connectivity index (χ4n) is 2.96. The van der Waals surface area contributed by atoms with Crippen molar-refractivity contribution in [3.05, 3.63) is 69.6 Å². The third kappa shape index (κ3) is 4.55. The van der Waals surface area contributed by atoms with Crippen LogP contribution in [0.25, 0.3) is 11.0 Å². The van der Waals surface area contributed by atoms with Gasteiger partial charge in [-0.1, -0.05) is 30.3 Å². The van der Waals surface area contributed by atoms with Crippen molar-refractivity contribution in [1.82, 2.24) is 0 Å². The van der Waals surface area contributed by atoms with Crippen molar-refractivity contribution in [3.63, 3.8) is 0 Å². The van der Waals surface area contributed by atoms with Crippen LogP contribution in [0.15, 0.2) is 51.7 Å². The Hall–Kier alpha value is -3.81. The van der Waals surface area contributed by atoms with Gasteiger partial charge in [0.25, 0.3) is 11.8 Å². The highest BCUT2D eigenvalue weighted by Crippen LogP contribution is 2.37. The average Bonchev–Trinajstić information content (AvgIpc) is 2.68. The smallest absolute Gasteiger partial charge is 0.340 e. The maximum Gasteiger partial charge on any atom is 0.340 e. The first-order valence-corrected chi connectivity index (χ1v) is 8.82. The molecular formula is C21H20N2O6. The van der Waals surface area contributed by atoms with Crippen LogP contribution in [0.5, 0.6) is 11.5 Å². The minimum absolute atomic E-state index is 0.00834. The van der Waals surface area contributed by atoms with Gasteiger partial charge in [0.05, 0.1) is 0 Å². The normalized spacial score (nSPS) is 10.7. The van der Waals surface area contributed by atoms with Gasteiger partial charge in [-0.05, 0) is 30.2 Å². The molecule has 29 heavy (non-hydrogen) atoms. The van der Waals surface area contributed by atoms with E-state index >= 15 is 0 Å². The number of hydrogen-bond donors (Lipinski definition) is 2. The summed E-state index contributed by atoms with van der Waals surface area (Å²) in [5.41, 5.74) is 12.0. The van der Waals surface area contributed by atoms with Crippen LogP contribution in [-0.4, -0.2) is 25.0 Å². The number of carbonyl (C=O) groups is 2. The molecule has 150 valence electrons. The Morgan fingerprint density at radius 2 is 1.62 bits per heavy atom. The van der Waals surface area contributed by atoms with E-state index in [9.17, 15) is 14.4 Å². The lowest BCUT2D eigenvalue weighted by atomic mass is 9.99. The first-order valence-electron chi connectivity index (χ1n) is 8.82. The molecule has 0 radical (unpaired) electrons. The summed E-state index contributed by atoms with van der Waals surface area (Å²) < 4.78 is 16.3. The predicted molar refractivity (Wildman–Crippen MR) is 106 cm³/mol. The number of benzene rings is 2. The van der Waals surface area contributed by atoms with Crippen LogP contribution >= 0.6 is 0 Å². The number of rotatable bonds is 8. The summed E-state index contributed by atoms with van der Waals surface area (Å²) in [6.45, 7) is 0.938. The maximum absolute atomic E-state index is 12.7. The number of fused-ring (bicyclic) bond motifs is 1. The van der Waals surface area contributed by atoms with Gasteiger partial charge in [-0.25, -0.2) is 4.79 Å². The van der Waals surface area contributed by atoms with E-state index in [2.05, 4.69) is 0 Å². The van der Waals surface area contributed by atoms with Crippen molar-refractivity contribution >= 4 is 22.8 Å². The third-order valence-corrected chi connectivity index (χ3v) is 4.33.